The van der Waals surface area contributed by atoms with Crippen molar-refractivity contribution in [1.29, 1.82) is 0 Å². The van der Waals surface area contributed by atoms with Gasteiger partial charge in [-0.3, -0.25) is 0 Å². The molecule has 0 radical (unpaired) electrons. The van der Waals surface area contributed by atoms with Crippen LogP contribution in [0.15, 0.2) is 191 Å². The molecule has 0 saturated carbocycles. The first-order valence-corrected chi connectivity index (χ1v) is 25.2. The topological polar surface area (TPSA) is 29.5 Å². The number of hydrogen-bond donors (Lipinski definition) is 0. The fourth-order valence-electron chi connectivity index (χ4n) is 13.5. The molecule has 0 aliphatic heterocycles. The lowest BCUT2D eigenvalue weighted by atomic mass is 9.79. The smallest absolute Gasteiger partial charge is 0.143 e. The number of rotatable bonds is 4. The van der Waals surface area contributed by atoms with Gasteiger partial charge >= 0.3 is 0 Å². The van der Waals surface area contributed by atoms with Crippen molar-refractivity contribution in [1.82, 2.24) is 0 Å². The Morgan fingerprint density at radius 1 is 0.338 bits per heavy atom. The molecular weight excluding hydrogens is 863 g/mol. The van der Waals surface area contributed by atoms with Crippen LogP contribution in [-0.2, 0) is 16.2 Å². The summed E-state index contributed by atoms with van der Waals surface area (Å²) in [6.07, 6.45) is 0. The molecule has 0 spiro atoms. The number of benzene rings is 10. The second kappa shape index (κ2) is 13.8. The van der Waals surface area contributed by atoms with Crippen molar-refractivity contribution in [3.8, 4) is 44.5 Å². The van der Waals surface area contributed by atoms with E-state index >= 15 is 0 Å². The summed E-state index contributed by atoms with van der Waals surface area (Å²) in [6, 6.07) is 67.8. The highest BCUT2D eigenvalue weighted by atomic mass is 16.3. The van der Waals surface area contributed by atoms with Crippen molar-refractivity contribution in [3.05, 3.63) is 221 Å². The minimum Gasteiger partial charge on any atom is -0.456 e. The fraction of sp³-hybridized carbons (Fsp3) is 0.147. The number of fused-ring (bicyclic) bond motifs is 18. The number of anilines is 3. The van der Waals surface area contributed by atoms with E-state index in [1.54, 1.807) is 0 Å². The maximum Gasteiger partial charge on any atom is 0.143 e. The summed E-state index contributed by atoms with van der Waals surface area (Å²) in [4.78, 5) is 2.49. The van der Waals surface area contributed by atoms with Crippen molar-refractivity contribution < 1.29 is 8.83 Å². The number of hydrogen-bond acceptors (Lipinski definition) is 3. The van der Waals surface area contributed by atoms with E-state index < -0.39 is 0 Å². The van der Waals surface area contributed by atoms with Gasteiger partial charge in [-0.1, -0.05) is 151 Å². The molecular formula is C68H51NO2. The number of para-hydroxylation sites is 2. The predicted molar refractivity (Wildman–Crippen MR) is 296 cm³/mol. The third-order valence-electron chi connectivity index (χ3n) is 17.2. The molecule has 0 bridgehead atoms. The fourth-order valence-corrected chi connectivity index (χ4v) is 13.5. The summed E-state index contributed by atoms with van der Waals surface area (Å²) >= 11 is 0. The molecule has 0 fully saturated rings. The predicted octanol–water partition coefficient (Wildman–Crippen LogP) is 19.0. The van der Waals surface area contributed by atoms with Gasteiger partial charge < -0.3 is 13.7 Å². The van der Waals surface area contributed by atoms with Crippen LogP contribution in [0.2, 0.25) is 0 Å². The minimum absolute atomic E-state index is 0.175. The molecule has 2 heterocycles. The summed E-state index contributed by atoms with van der Waals surface area (Å²) in [5, 5.41) is 7.20. The maximum atomic E-state index is 6.86. The van der Waals surface area contributed by atoms with Gasteiger partial charge in [-0.25, -0.2) is 0 Å². The maximum absolute atomic E-state index is 6.86. The SMILES string of the molecule is Cc1ccccc1-c1cc2c(c3c1oc1ccccc13)-c1ccc(N(c3ccc4c(c3)C(C)(C)c3cc5c(cc3-4)C(C)(C)c3ccc4oc6ccccc6c4c3-5)c3ccc4ccccc4c3)cc1C2(C)C. The van der Waals surface area contributed by atoms with Gasteiger partial charge in [-0.2, -0.15) is 0 Å². The monoisotopic (exact) mass is 913 g/mol. The Kier molecular flexibility index (Phi) is 7.91. The Balaban J connectivity index is 0.913. The second-order valence-corrected chi connectivity index (χ2v) is 22.1. The van der Waals surface area contributed by atoms with Gasteiger partial charge in [-0.05, 0) is 168 Å². The Morgan fingerprint density at radius 2 is 0.873 bits per heavy atom. The standard InChI is InChI=1S/C68H51NO2/c1-38-16-8-11-19-44(38)50-36-57-61(64-48-21-13-15-23-59(48)71-65(50)64)46-29-27-43(34-54(46)68(57,6)7)69(41-25-24-39-17-9-10-18-40(39)32-41)42-26-28-45-49-35-56-51(37-55(49)67(4,5)53(45)33-42)62-52(66(56,2)3)30-31-60-63(62)47-20-12-14-22-58(47)70-60/h8-37H,1-7H3. The summed E-state index contributed by atoms with van der Waals surface area (Å²) < 4.78 is 13.3. The third-order valence-corrected chi connectivity index (χ3v) is 17.2. The molecule has 0 atom stereocenters. The molecule has 0 amide bonds. The molecule has 0 unspecified atom stereocenters. The lowest BCUT2D eigenvalue weighted by Crippen LogP contribution is -2.18. The van der Waals surface area contributed by atoms with E-state index in [-0.39, 0.29) is 16.2 Å². The first-order chi connectivity index (χ1) is 34.4. The summed E-state index contributed by atoms with van der Waals surface area (Å²) in [6.45, 7) is 16.6. The van der Waals surface area contributed by atoms with E-state index in [1.165, 1.54) is 105 Å². The van der Waals surface area contributed by atoms with Gasteiger partial charge in [0.25, 0.3) is 0 Å². The molecule has 10 aromatic carbocycles. The van der Waals surface area contributed by atoms with Gasteiger partial charge in [0, 0.05) is 60.4 Å². The zero-order chi connectivity index (χ0) is 47.9. The Hall–Kier alpha value is -8.14. The number of aryl methyl sites for hydroxylation is 1. The highest BCUT2D eigenvalue weighted by Crippen LogP contribution is 2.60. The molecule has 2 aromatic heterocycles. The van der Waals surface area contributed by atoms with Crippen LogP contribution in [0.4, 0.5) is 17.1 Å². The number of furan rings is 2. The van der Waals surface area contributed by atoms with E-state index in [0.717, 1.165) is 50.3 Å². The van der Waals surface area contributed by atoms with Crippen molar-refractivity contribution in [2.24, 2.45) is 0 Å². The minimum atomic E-state index is -0.303. The van der Waals surface area contributed by atoms with Crippen LogP contribution < -0.4 is 4.90 Å². The van der Waals surface area contributed by atoms with Gasteiger partial charge in [-0.15, -0.1) is 0 Å². The first-order valence-electron chi connectivity index (χ1n) is 25.2. The molecule has 0 N–H and O–H groups in total. The third kappa shape index (κ3) is 5.33. The summed E-state index contributed by atoms with van der Waals surface area (Å²) in [5.74, 6) is 0. The van der Waals surface area contributed by atoms with Crippen LogP contribution in [0.25, 0.3) is 99.2 Å². The Morgan fingerprint density at radius 3 is 1.65 bits per heavy atom. The molecule has 15 rings (SSSR count). The van der Waals surface area contributed by atoms with Gasteiger partial charge in [0.2, 0.25) is 0 Å². The lowest BCUT2D eigenvalue weighted by Gasteiger charge is -2.30. The van der Waals surface area contributed by atoms with Crippen LogP contribution in [0, 0.1) is 6.92 Å². The van der Waals surface area contributed by atoms with Crippen LogP contribution in [0.1, 0.15) is 80.5 Å². The van der Waals surface area contributed by atoms with E-state index in [9.17, 15) is 0 Å². The van der Waals surface area contributed by atoms with E-state index in [4.69, 9.17) is 8.83 Å². The lowest BCUT2D eigenvalue weighted by molar-refractivity contribution is 0.651. The van der Waals surface area contributed by atoms with Crippen molar-refractivity contribution in [3.63, 3.8) is 0 Å². The van der Waals surface area contributed by atoms with Crippen molar-refractivity contribution in [2.75, 3.05) is 4.90 Å². The average molecular weight is 914 g/mol. The van der Waals surface area contributed by atoms with E-state index in [1.807, 2.05) is 0 Å². The summed E-state index contributed by atoms with van der Waals surface area (Å²) in [7, 11) is 0. The molecule has 12 aromatic rings. The molecule has 3 heteroatoms. The molecule has 340 valence electrons. The zero-order valence-electron chi connectivity index (χ0n) is 41.1. The largest absolute Gasteiger partial charge is 0.456 e. The molecule has 0 saturated heterocycles. The van der Waals surface area contributed by atoms with Crippen LogP contribution >= 0.6 is 0 Å². The highest BCUT2D eigenvalue weighted by molar-refractivity contribution is 6.19. The van der Waals surface area contributed by atoms with Crippen molar-refractivity contribution >= 4 is 71.7 Å². The molecule has 3 aliphatic rings. The van der Waals surface area contributed by atoms with Gasteiger partial charge in [0.15, 0.2) is 0 Å². The molecule has 3 nitrogen and oxygen atoms in total. The highest BCUT2D eigenvalue weighted by Gasteiger charge is 2.44. The van der Waals surface area contributed by atoms with E-state index in [2.05, 4.69) is 235 Å². The number of nitrogens with zero attached hydrogens (tertiary/aromatic N) is 1. The van der Waals surface area contributed by atoms with Gasteiger partial charge in [0.1, 0.15) is 22.3 Å². The van der Waals surface area contributed by atoms with Crippen LogP contribution in [0.3, 0.4) is 0 Å². The second-order valence-electron chi connectivity index (χ2n) is 22.1. The zero-order valence-corrected chi connectivity index (χ0v) is 41.1. The Bertz CT molecular complexity index is 4340. The molecule has 71 heavy (non-hydrogen) atoms. The Labute approximate surface area is 413 Å². The van der Waals surface area contributed by atoms with Crippen LogP contribution in [-0.4, -0.2) is 0 Å². The van der Waals surface area contributed by atoms with E-state index in [0.29, 0.717) is 0 Å². The quantitative estimate of drug-likeness (QED) is 0.176. The summed E-state index contributed by atoms with van der Waals surface area (Å²) in [5.41, 5.74) is 25.9. The first kappa shape index (κ1) is 40.7. The molecule has 3 aliphatic carbocycles. The normalized spacial score (nSPS) is 15.3. The average Bonchev–Trinajstić information content (AvgIpc) is 4.13. The van der Waals surface area contributed by atoms with Crippen LogP contribution in [0.5, 0.6) is 0 Å². The van der Waals surface area contributed by atoms with Gasteiger partial charge in [0.05, 0.1) is 0 Å². The van der Waals surface area contributed by atoms with Crippen molar-refractivity contribution in [2.45, 2.75) is 64.7 Å².